The van der Waals surface area contributed by atoms with E-state index in [2.05, 4.69) is 4.98 Å². The second-order valence-corrected chi connectivity index (χ2v) is 4.03. The van der Waals surface area contributed by atoms with Crippen molar-refractivity contribution in [1.29, 1.82) is 0 Å². The van der Waals surface area contributed by atoms with Crippen molar-refractivity contribution in [3.05, 3.63) is 58.3 Å². The molecule has 0 aliphatic heterocycles. The van der Waals surface area contributed by atoms with Crippen molar-refractivity contribution in [2.24, 2.45) is 0 Å². The summed E-state index contributed by atoms with van der Waals surface area (Å²) in [7, 11) is 0. The lowest BCUT2D eigenvalue weighted by atomic mass is 10.1. The van der Waals surface area contributed by atoms with Gasteiger partial charge in [-0.25, -0.2) is 4.79 Å². The minimum absolute atomic E-state index is 0.0273. The molecule has 0 radical (unpaired) electrons. The van der Waals surface area contributed by atoms with Gasteiger partial charge < -0.3 is 10.1 Å². The van der Waals surface area contributed by atoms with Crippen molar-refractivity contribution in [1.82, 2.24) is 4.98 Å². The van der Waals surface area contributed by atoms with Gasteiger partial charge in [0.1, 0.15) is 0 Å². The lowest BCUT2D eigenvalue weighted by Gasteiger charge is -2.04. The quantitative estimate of drug-likeness (QED) is 0.640. The number of nitrogens with one attached hydrogen (secondary N) is 1. The molecule has 0 aliphatic carbocycles. The first-order valence-electron chi connectivity index (χ1n) is 5.45. The lowest BCUT2D eigenvalue weighted by molar-refractivity contribution is 0.0699. The van der Waals surface area contributed by atoms with Crippen LogP contribution in [-0.4, -0.2) is 16.1 Å². The summed E-state index contributed by atoms with van der Waals surface area (Å²) >= 11 is 0. The third-order valence-electron chi connectivity index (χ3n) is 2.96. The number of aromatic nitrogens is 1. The fourth-order valence-corrected chi connectivity index (χ4v) is 2.15. The molecule has 3 aromatic rings. The number of H-pyrrole nitrogens is 1. The van der Waals surface area contributed by atoms with Gasteiger partial charge >= 0.3 is 5.97 Å². The fourth-order valence-electron chi connectivity index (χ4n) is 2.15. The first-order valence-corrected chi connectivity index (χ1v) is 5.45. The maximum Gasteiger partial charge on any atom is 0.336 e. The van der Waals surface area contributed by atoms with Crippen molar-refractivity contribution in [2.45, 2.75) is 0 Å². The number of benzene rings is 2. The molecule has 18 heavy (non-hydrogen) atoms. The van der Waals surface area contributed by atoms with Crippen molar-refractivity contribution >= 4 is 27.8 Å². The molecule has 0 bridgehead atoms. The number of aromatic amines is 1. The molecule has 4 nitrogen and oxygen atoms in total. The van der Waals surface area contributed by atoms with Gasteiger partial charge in [0.05, 0.1) is 16.5 Å². The number of carbonyl (C=O) groups is 1. The Bertz CT molecular complexity index is 833. The zero-order valence-corrected chi connectivity index (χ0v) is 9.31. The standard InChI is InChI=1S/C14H9NO3/c16-13-8-4-1-2-6-10(8)15-11-7-3-5-9(12(11)13)14(17)18/h1-7H,(H,15,16)(H,17,18). The molecule has 3 rings (SSSR count). The summed E-state index contributed by atoms with van der Waals surface area (Å²) in [4.78, 5) is 26.6. The molecule has 0 saturated heterocycles. The van der Waals surface area contributed by atoms with Crippen molar-refractivity contribution in [3.63, 3.8) is 0 Å². The van der Waals surface area contributed by atoms with Gasteiger partial charge in [0.15, 0.2) is 5.43 Å². The Morgan fingerprint density at radius 3 is 2.50 bits per heavy atom. The second-order valence-electron chi connectivity index (χ2n) is 4.03. The predicted octanol–water partition coefficient (Wildman–Crippen LogP) is 2.38. The molecule has 0 atom stereocenters. The van der Waals surface area contributed by atoms with Gasteiger partial charge in [-0.1, -0.05) is 18.2 Å². The van der Waals surface area contributed by atoms with Crippen LogP contribution in [0, 0.1) is 0 Å². The number of hydrogen-bond acceptors (Lipinski definition) is 2. The number of pyridine rings is 1. The Balaban J connectivity index is 2.61. The smallest absolute Gasteiger partial charge is 0.336 e. The summed E-state index contributed by atoms with van der Waals surface area (Å²) in [6.45, 7) is 0. The normalized spacial score (nSPS) is 10.9. The monoisotopic (exact) mass is 239 g/mol. The summed E-state index contributed by atoms with van der Waals surface area (Å²) in [6.07, 6.45) is 0. The van der Waals surface area contributed by atoms with Crippen LogP contribution in [0.4, 0.5) is 0 Å². The minimum atomic E-state index is -1.10. The van der Waals surface area contributed by atoms with Crippen LogP contribution in [0.25, 0.3) is 21.8 Å². The Morgan fingerprint density at radius 2 is 1.72 bits per heavy atom. The van der Waals surface area contributed by atoms with Gasteiger partial charge in [-0.15, -0.1) is 0 Å². The summed E-state index contributed by atoms with van der Waals surface area (Å²) in [5, 5.41) is 9.85. The van der Waals surface area contributed by atoms with Crippen LogP contribution in [0.5, 0.6) is 0 Å². The maximum absolute atomic E-state index is 12.3. The highest BCUT2D eigenvalue weighted by atomic mass is 16.4. The summed E-state index contributed by atoms with van der Waals surface area (Å²) < 4.78 is 0. The van der Waals surface area contributed by atoms with E-state index in [1.165, 1.54) is 6.07 Å². The first kappa shape index (κ1) is 10.5. The SMILES string of the molecule is O=C(O)c1cccc2[nH]c3ccccc3c(=O)c12. The lowest BCUT2D eigenvalue weighted by Crippen LogP contribution is -2.09. The molecule has 2 N–H and O–H groups in total. The Labute approximate surface area is 101 Å². The largest absolute Gasteiger partial charge is 0.478 e. The molecule has 0 saturated carbocycles. The number of hydrogen-bond donors (Lipinski definition) is 2. The van der Waals surface area contributed by atoms with Gasteiger partial charge in [0.25, 0.3) is 0 Å². The van der Waals surface area contributed by atoms with Crippen LogP contribution < -0.4 is 5.43 Å². The van der Waals surface area contributed by atoms with E-state index in [4.69, 9.17) is 5.11 Å². The average molecular weight is 239 g/mol. The molecule has 88 valence electrons. The van der Waals surface area contributed by atoms with Crippen LogP contribution in [0.1, 0.15) is 10.4 Å². The zero-order valence-electron chi connectivity index (χ0n) is 9.31. The topological polar surface area (TPSA) is 70.2 Å². The molecule has 2 aromatic carbocycles. The third kappa shape index (κ3) is 1.39. The third-order valence-corrected chi connectivity index (χ3v) is 2.96. The molecule has 4 heteroatoms. The number of rotatable bonds is 1. The molecule has 0 aliphatic rings. The number of carboxylic acids is 1. The van der Waals surface area contributed by atoms with E-state index >= 15 is 0 Å². The molecule has 1 heterocycles. The Morgan fingerprint density at radius 1 is 1.00 bits per heavy atom. The number of para-hydroxylation sites is 1. The van der Waals surface area contributed by atoms with E-state index in [1.54, 1.807) is 30.3 Å². The van der Waals surface area contributed by atoms with Crippen molar-refractivity contribution in [3.8, 4) is 0 Å². The average Bonchev–Trinajstić information content (AvgIpc) is 2.38. The van der Waals surface area contributed by atoms with E-state index in [1.807, 2.05) is 6.07 Å². The van der Waals surface area contributed by atoms with Crippen LogP contribution in [-0.2, 0) is 0 Å². The predicted molar refractivity (Wildman–Crippen MR) is 69.0 cm³/mol. The molecule has 0 unspecified atom stereocenters. The highest BCUT2D eigenvalue weighted by molar-refractivity contribution is 6.05. The molecule has 1 aromatic heterocycles. The number of aromatic carboxylic acids is 1. The van der Waals surface area contributed by atoms with Gasteiger partial charge in [0, 0.05) is 10.9 Å². The number of carboxylic acid groups (broad SMARTS) is 1. The van der Waals surface area contributed by atoms with Crippen molar-refractivity contribution < 1.29 is 9.90 Å². The second kappa shape index (κ2) is 3.70. The Kier molecular flexibility index (Phi) is 2.16. The summed E-state index contributed by atoms with van der Waals surface area (Å²) in [6, 6.07) is 11.8. The van der Waals surface area contributed by atoms with Crippen LogP contribution >= 0.6 is 0 Å². The van der Waals surface area contributed by atoms with E-state index < -0.39 is 5.97 Å². The molecular weight excluding hydrogens is 230 g/mol. The molecule has 0 amide bonds. The highest BCUT2D eigenvalue weighted by Crippen LogP contribution is 2.17. The van der Waals surface area contributed by atoms with E-state index in [9.17, 15) is 9.59 Å². The van der Waals surface area contributed by atoms with Gasteiger partial charge in [-0.3, -0.25) is 4.79 Å². The minimum Gasteiger partial charge on any atom is -0.478 e. The summed E-state index contributed by atoms with van der Waals surface area (Å²) in [5.74, 6) is -1.10. The first-order chi connectivity index (χ1) is 8.68. The van der Waals surface area contributed by atoms with Crippen LogP contribution in [0.15, 0.2) is 47.3 Å². The fraction of sp³-hybridized carbons (Fsp3) is 0. The van der Waals surface area contributed by atoms with Crippen molar-refractivity contribution in [2.75, 3.05) is 0 Å². The van der Waals surface area contributed by atoms with E-state index in [0.717, 1.165) is 0 Å². The summed E-state index contributed by atoms with van der Waals surface area (Å²) in [5.41, 5.74) is 1.02. The van der Waals surface area contributed by atoms with Gasteiger partial charge in [-0.05, 0) is 24.3 Å². The van der Waals surface area contributed by atoms with Crippen LogP contribution in [0.2, 0.25) is 0 Å². The molecule has 0 spiro atoms. The molecular formula is C14H9NO3. The molecule has 0 fully saturated rings. The van der Waals surface area contributed by atoms with E-state index in [-0.39, 0.29) is 16.4 Å². The Hall–Kier alpha value is -2.62. The van der Waals surface area contributed by atoms with Gasteiger partial charge in [0.2, 0.25) is 0 Å². The van der Waals surface area contributed by atoms with Gasteiger partial charge in [-0.2, -0.15) is 0 Å². The maximum atomic E-state index is 12.3. The highest BCUT2D eigenvalue weighted by Gasteiger charge is 2.13. The zero-order chi connectivity index (χ0) is 12.7. The van der Waals surface area contributed by atoms with E-state index in [0.29, 0.717) is 16.4 Å². The number of fused-ring (bicyclic) bond motifs is 2. The van der Waals surface area contributed by atoms with Crippen LogP contribution in [0.3, 0.4) is 0 Å².